The van der Waals surface area contributed by atoms with Crippen molar-refractivity contribution in [1.29, 1.82) is 0 Å². The van der Waals surface area contributed by atoms with Gasteiger partial charge in [0.1, 0.15) is 11.6 Å². The zero-order valence-electron chi connectivity index (χ0n) is 17.7. The van der Waals surface area contributed by atoms with Gasteiger partial charge >= 0.3 is 0 Å². The van der Waals surface area contributed by atoms with Gasteiger partial charge in [0, 0.05) is 49.2 Å². The van der Waals surface area contributed by atoms with Crippen LogP contribution in [0.15, 0.2) is 48.9 Å². The Balaban J connectivity index is 1.14. The molecule has 1 saturated carbocycles. The molecule has 0 saturated heterocycles. The van der Waals surface area contributed by atoms with Crippen molar-refractivity contribution in [2.45, 2.75) is 32.2 Å². The highest BCUT2D eigenvalue weighted by Gasteiger charge is 2.39. The minimum absolute atomic E-state index is 0.511. The van der Waals surface area contributed by atoms with E-state index in [0.29, 0.717) is 36.7 Å². The third-order valence-electron chi connectivity index (χ3n) is 5.57. The highest BCUT2D eigenvalue weighted by molar-refractivity contribution is 5.73. The molecule has 0 amide bonds. The fourth-order valence-corrected chi connectivity index (χ4v) is 3.88. The number of ether oxygens (including phenoxy) is 1. The first-order valence-corrected chi connectivity index (χ1v) is 10.6. The van der Waals surface area contributed by atoms with Crippen LogP contribution in [-0.4, -0.2) is 36.3 Å². The molecule has 0 aromatic carbocycles. The van der Waals surface area contributed by atoms with Crippen LogP contribution < -0.4 is 10.1 Å². The first-order valence-electron chi connectivity index (χ1n) is 10.6. The zero-order chi connectivity index (χ0) is 21.2. The second kappa shape index (κ2) is 8.29. The predicted octanol–water partition coefficient (Wildman–Crippen LogP) is 3.65. The van der Waals surface area contributed by atoms with E-state index in [0.717, 1.165) is 41.0 Å². The van der Waals surface area contributed by atoms with Gasteiger partial charge in [-0.25, -0.2) is 4.98 Å². The number of nitrogens with one attached hydrogen (secondary N) is 1. The number of anilines is 1. The van der Waals surface area contributed by atoms with Crippen molar-refractivity contribution >= 4 is 16.9 Å². The van der Waals surface area contributed by atoms with Crippen LogP contribution in [0, 0.1) is 12.8 Å². The summed E-state index contributed by atoms with van der Waals surface area (Å²) in [5.74, 6) is 3.16. The maximum Gasteiger partial charge on any atom is 0.218 e. The van der Waals surface area contributed by atoms with Crippen LogP contribution in [0.1, 0.15) is 35.8 Å². The van der Waals surface area contributed by atoms with Crippen molar-refractivity contribution < 1.29 is 4.74 Å². The summed E-state index contributed by atoms with van der Waals surface area (Å²) in [4.78, 5) is 18.0. The van der Waals surface area contributed by atoms with E-state index in [2.05, 4.69) is 37.5 Å². The van der Waals surface area contributed by atoms with Crippen molar-refractivity contribution in [3.8, 4) is 5.88 Å². The molecular weight excluding hydrogens is 390 g/mol. The van der Waals surface area contributed by atoms with Crippen LogP contribution in [-0.2, 0) is 13.6 Å². The van der Waals surface area contributed by atoms with Gasteiger partial charge in [-0.3, -0.25) is 14.6 Å². The topological polar surface area (TPSA) is 90.6 Å². The number of hydrogen-bond acceptors (Lipinski definition) is 7. The molecule has 2 atom stereocenters. The first kappa shape index (κ1) is 19.4. The summed E-state index contributed by atoms with van der Waals surface area (Å²) in [6, 6.07) is 9.97. The van der Waals surface area contributed by atoms with Gasteiger partial charge in [-0.15, -0.1) is 0 Å². The summed E-state index contributed by atoms with van der Waals surface area (Å²) in [6.45, 7) is 3.16. The summed E-state index contributed by atoms with van der Waals surface area (Å²) in [5, 5.41) is 7.49. The number of aryl methyl sites for hydroxylation is 2. The molecule has 0 radical (unpaired) electrons. The Morgan fingerprint density at radius 3 is 2.97 bits per heavy atom. The Morgan fingerprint density at radius 2 is 2.10 bits per heavy atom. The average Bonchev–Trinajstić information content (AvgIpc) is 3.42. The lowest BCUT2D eigenvalue weighted by molar-refractivity contribution is 0.289. The van der Waals surface area contributed by atoms with E-state index < -0.39 is 0 Å². The van der Waals surface area contributed by atoms with Crippen LogP contribution in [0.2, 0.25) is 0 Å². The number of pyridine rings is 2. The van der Waals surface area contributed by atoms with Gasteiger partial charge in [-0.1, -0.05) is 0 Å². The lowest BCUT2D eigenvalue weighted by Gasteiger charge is -2.09. The number of nitrogens with zero attached hydrogens (tertiary/aromatic N) is 6. The normalized spacial score (nSPS) is 17.6. The molecule has 4 heterocycles. The van der Waals surface area contributed by atoms with E-state index in [1.165, 1.54) is 0 Å². The Morgan fingerprint density at radius 1 is 1.16 bits per heavy atom. The molecule has 1 aliphatic rings. The molecule has 0 aliphatic heterocycles. The maximum absolute atomic E-state index is 5.95. The van der Waals surface area contributed by atoms with Crippen LogP contribution in [0.25, 0.3) is 11.0 Å². The largest absolute Gasteiger partial charge is 0.478 e. The molecule has 5 rings (SSSR count). The summed E-state index contributed by atoms with van der Waals surface area (Å²) in [5.41, 5.74) is 4.16. The van der Waals surface area contributed by atoms with Crippen molar-refractivity contribution in [1.82, 2.24) is 29.7 Å². The van der Waals surface area contributed by atoms with E-state index in [4.69, 9.17) is 9.72 Å². The molecule has 0 spiro atoms. The van der Waals surface area contributed by atoms with Gasteiger partial charge in [0.25, 0.3) is 0 Å². The minimum atomic E-state index is 0.511. The number of rotatable bonds is 8. The quantitative estimate of drug-likeness (QED) is 0.470. The summed E-state index contributed by atoms with van der Waals surface area (Å²) >= 11 is 0. The Bertz CT molecular complexity index is 1210. The highest BCUT2D eigenvalue weighted by Crippen LogP contribution is 2.49. The van der Waals surface area contributed by atoms with Gasteiger partial charge in [-0.2, -0.15) is 10.1 Å². The van der Waals surface area contributed by atoms with Crippen molar-refractivity contribution in [3.63, 3.8) is 0 Å². The van der Waals surface area contributed by atoms with Gasteiger partial charge in [0.05, 0.1) is 23.8 Å². The number of hydrogen-bond donors (Lipinski definition) is 1. The molecule has 0 bridgehead atoms. The third-order valence-corrected chi connectivity index (χ3v) is 5.57. The lowest BCUT2D eigenvalue weighted by atomic mass is 10.1. The van der Waals surface area contributed by atoms with Gasteiger partial charge < -0.3 is 10.1 Å². The Labute approximate surface area is 180 Å². The summed E-state index contributed by atoms with van der Waals surface area (Å²) in [6.07, 6.45) is 7.76. The Kier molecular flexibility index (Phi) is 5.19. The van der Waals surface area contributed by atoms with Crippen LogP contribution in [0.3, 0.4) is 0 Å². The van der Waals surface area contributed by atoms with E-state index in [1.807, 2.05) is 44.6 Å². The molecule has 31 heavy (non-hydrogen) atoms. The minimum Gasteiger partial charge on any atom is -0.478 e. The van der Waals surface area contributed by atoms with Gasteiger partial charge in [0.15, 0.2) is 0 Å². The molecule has 4 aromatic rings. The lowest BCUT2D eigenvalue weighted by Crippen LogP contribution is -2.06. The molecule has 1 aliphatic carbocycles. The molecule has 1 fully saturated rings. The first-order chi connectivity index (χ1) is 15.1. The highest BCUT2D eigenvalue weighted by atomic mass is 16.5. The zero-order valence-corrected chi connectivity index (χ0v) is 17.7. The SMILES string of the molecule is Cc1nc(NCc2cnn(C)c2)cc(OCC[C@H]2C[C@@H]2c2ccc3ncccc3n2)n1. The molecule has 0 unspecified atom stereocenters. The Hall–Kier alpha value is -3.55. The average molecular weight is 416 g/mol. The second-order valence-electron chi connectivity index (χ2n) is 8.03. The van der Waals surface area contributed by atoms with Crippen LogP contribution >= 0.6 is 0 Å². The standard InChI is InChI=1S/C23H25N7O/c1-15-27-22(25-12-16-13-26-30(2)14-16)11-23(28-15)31-9-7-17-10-18(17)19-5-6-20-21(29-19)4-3-8-24-20/h3-6,8,11,13-14,17-18H,7,9-10,12H2,1-2H3,(H,25,27,28)/t17-,18-/m0/s1. The molecular formula is C23H25N7O. The fourth-order valence-electron chi connectivity index (χ4n) is 3.88. The fraction of sp³-hybridized carbons (Fsp3) is 0.348. The van der Waals surface area contributed by atoms with E-state index in [-0.39, 0.29) is 0 Å². The van der Waals surface area contributed by atoms with E-state index in [1.54, 1.807) is 10.9 Å². The maximum atomic E-state index is 5.95. The van der Waals surface area contributed by atoms with Crippen molar-refractivity contribution in [2.24, 2.45) is 13.0 Å². The molecule has 8 heteroatoms. The summed E-state index contributed by atoms with van der Waals surface area (Å²) in [7, 11) is 1.90. The molecule has 158 valence electrons. The van der Waals surface area contributed by atoms with Crippen LogP contribution in [0.5, 0.6) is 5.88 Å². The molecule has 4 aromatic heterocycles. The predicted molar refractivity (Wildman–Crippen MR) is 118 cm³/mol. The third kappa shape index (κ3) is 4.63. The number of fused-ring (bicyclic) bond motifs is 1. The monoisotopic (exact) mass is 415 g/mol. The molecule has 8 nitrogen and oxygen atoms in total. The second-order valence-corrected chi connectivity index (χ2v) is 8.03. The number of aromatic nitrogens is 6. The van der Waals surface area contributed by atoms with Crippen LogP contribution in [0.4, 0.5) is 5.82 Å². The van der Waals surface area contributed by atoms with Crippen molar-refractivity contribution in [3.05, 3.63) is 66.0 Å². The summed E-state index contributed by atoms with van der Waals surface area (Å²) < 4.78 is 7.73. The smallest absolute Gasteiger partial charge is 0.218 e. The van der Waals surface area contributed by atoms with Gasteiger partial charge in [-0.05, 0) is 49.9 Å². The molecule has 1 N–H and O–H groups in total. The van der Waals surface area contributed by atoms with Crippen molar-refractivity contribution in [2.75, 3.05) is 11.9 Å². The van der Waals surface area contributed by atoms with E-state index >= 15 is 0 Å². The van der Waals surface area contributed by atoms with E-state index in [9.17, 15) is 0 Å². The van der Waals surface area contributed by atoms with Gasteiger partial charge in [0.2, 0.25) is 5.88 Å².